The van der Waals surface area contributed by atoms with Crippen molar-refractivity contribution in [3.63, 3.8) is 0 Å². The van der Waals surface area contributed by atoms with Gasteiger partial charge in [-0.3, -0.25) is 4.79 Å². The summed E-state index contributed by atoms with van der Waals surface area (Å²) >= 11 is 0. The van der Waals surface area contributed by atoms with Gasteiger partial charge >= 0.3 is 0 Å². The van der Waals surface area contributed by atoms with Crippen LogP contribution >= 0.6 is 0 Å². The van der Waals surface area contributed by atoms with Gasteiger partial charge in [-0.05, 0) is 25.7 Å². The molecule has 0 aromatic rings. The summed E-state index contributed by atoms with van der Waals surface area (Å²) in [4.78, 5) is 11.4. The van der Waals surface area contributed by atoms with Crippen LogP contribution in [0.15, 0.2) is 0 Å². The fourth-order valence-corrected chi connectivity index (χ4v) is 2.27. The molecule has 0 saturated heterocycles. The van der Waals surface area contributed by atoms with Gasteiger partial charge in [0.25, 0.3) is 0 Å². The zero-order chi connectivity index (χ0) is 13.2. The molecule has 1 amide bonds. The third-order valence-corrected chi connectivity index (χ3v) is 3.42. The lowest BCUT2D eigenvalue weighted by atomic mass is 9.93. The van der Waals surface area contributed by atoms with E-state index in [0.29, 0.717) is 31.7 Å². The average molecular weight is 258 g/mol. The maximum absolute atomic E-state index is 11.4. The van der Waals surface area contributed by atoms with Gasteiger partial charge in [-0.1, -0.05) is 0 Å². The molecule has 1 saturated carbocycles. The number of rotatable bonds is 8. The van der Waals surface area contributed by atoms with Gasteiger partial charge in [0.05, 0.1) is 12.7 Å². The van der Waals surface area contributed by atoms with Gasteiger partial charge in [-0.25, -0.2) is 0 Å². The molecule has 1 fully saturated rings. The topological polar surface area (TPSA) is 59.6 Å². The molecule has 0 aromatic carbocycles. The summed E-state index contributed by atoms with van der Waals surface area (Å²) in [5.74, 6) is 0.0881. The highest BCUT2D eigenvalue weighted by molar-refractivity contribution is 5.76. The van der Waals surface area contributed by atoms with Crippen LogP contribution in [0.25, 0.3) is 0 Å². The quantitative estimate of drug-likeness (QED) is 0.629. The highest BCUT2D eigenvalue weighted by Crippen LogP contribution is 2.20. The minimum Gasteiger partial charge on any atom is -0.383 e. The molecule has 1 aliphatic carbocycles. The van der Waals surface area contributed by atoms with Crippen LogP contribution < -0.4 is 10.6 Å². The van der Waals surface area contributed by atoms with Crippen molar-refractivity contribution in [2.75, 3.05) is 33.9 Å². The Labute approximate surface area is 110 Å². The summed E-state index contributed by atoms with van der Waals surface area (Å²) in [5.41, 5.74) is 0. The largest absolute Gasteiger partial charge is 0.383 e. The highest BCUT2D eigenvalue weighted by Gasteiger charge is 2.20. The molecule has 0 aliphatic heterocycles. The molecule has 106 valence electrons. The minimum atomic E-state index is 0.0881. The van der Waals surface area contributed by atoms with Crippen LogP contribution in [0.5, 0.6) is 0 Å². The molecule has 5 heteroatoms. The van der Waals surface area contributed by atoms with Crippen LogP contribution in [0.1, 0.15) is 32.1 Å². The fourth-order valence-electron chi connectivity index (χ4n) is 2.27. The molecule has 1 rings (SSSR count). The number of methoxy groups -OCH3 is 2. The summed E-state index contributed by atoms with van der Waals surface area (Å²) in [6, 6.07) is 0.545. The molecule has 1 aliphatic rings. The van der Waals surface area contributed by atoms with Gasteiger partial charge in [-0.15, -0.1) is 0 Å². The number of carbonyl (C=O) groups excluding carboxylic acids is 1. The van der Waals surface area contributed by atoms with Crippen LogP contribution in [0.3, 0.4) is 0 Å². The third kappa shape index (κ3) is 6.33. The lowest BCUT2D eigenvalue weighted by Crippen LogP contribution is -2.37. The van der Waals surface area contributed by atoms with Crippen molar-refractivity contribution in [3.8, 4) is 0 Å². The first-order valence-corrected chi connectivity index (χ1v) is 6.78. The molecule has 0 heterocycles. The molecule has 0 bridgehead atoms. The van der Waals surface area contributed by atoms with E-state index in [1.807, 2.05) is 0 Å². The SMILES string of the molecule is COCCNC(=O)CCNC1CCC(OC)CC1. The van der Waals surface area contributed by atoms with Crippen molar-refractivity contribution in [2.45, 2.75) is 44.2 Å². The number of ether oxygens (including phenoxy) is 2. The smallest absolute Gasteiger partial charge is 0.221 e. The van der Waals surface area contributed by atoms with Crippen molar-refractivity contribution < 1.29 is 14.3 Å². The van der Waals surface area contributed by atoms with E-state index in [1.54, 1.807) is 14.2 Å². The Hall–Kier alpha value is -0.650. The fraction of sp³-hybridized carbons (Fsp3) is 0.923. The van der Waals surface area contributed by atoms with E-state index < -0.39 is 0 Å². The summed E-state index contributed by atoms with van der Waals surface area (Å²) in [6.07, 6.45) is 5.49. The first-order valence-electron chi connectivity index (χ1n) is 6.78. The lowest BCUT2D eigenvalue weighted by Gasteiger charge is -2.28. The molecular formula is C13H26N2O3. The predicted molar refractivity (Wildman–Crippen MR) is 70.6 cm³/mol. The normalized spacial score (nSPS) is 23.9. The Balaban J connectivity index is 1.99. The number of hydrogen-bond acceptors (Lipinski definition) is 4. The molecule has 0 unspecified atom stereocenters. The average Bonchev–Trinajstić information content (AvgIpc) is 2.40. The van der Waals surface area contributed by atoms with Gasteiger partial charge < -0.3 is 20.1 Å². The Bertz CT molecular complexity index is 228. The van der Waals surface area contributed by atoms with Crippen molar-refractivity contribution in [1.29, 1.82) is 0 Å². The molecule has 18 heavy (non-hydrogen) atoms. The highest BCUT2D eigenvalue weighted by atomic mass is 16.5. The first kappa shape index (κ1) is 15.4. The monoisotopic (exact) mass is 258 g/mol. The molecule has 0 spiro atoms. The second-order valence-corrected chi connectivity index (χ2v) is 4.76. The van der Waals surface area contributed by atoms with Gasteiger partial charge in [-0.2, -0.15) is 0 Å². The van der Waals surface area contributed by atoms with Crippen molar-refractivity contribution in [2.24, 2.45) is 0 Å². The van der Waals surface area contributed by atoms with Crippen LogP contribution in [0, 0.1) is 0 Å². The Morgan fingerprint density at radius 2 is 1.89 bits per heavy atom. The van der Waals surface area contributed by atoms with Crippen molar-refractivity contribution in [1.82, 2.24) is 10.6 Å². The molecular weight excluding hydrogens is 232 g/mol. The van der Waals surface area contributed by atoms with E-state index >= 15 is 0 Å². The summed E-state index contributed by atoms with van der Waals surface area (Å²) in [7, 11) is 3.41. The molecule has 0 radical (unpaired) electrons. The number of carbonyl (C=O) groups is 1. The molecule has 0 atom stereocenters. The van der Waals surface area contributed by atoms with Gasteiger partial charge in [0.15, 0.2) is 0 Å². The van der Waals surface area contributed by atoms with E-state index in [-0.39, 0.29) is 5.91 Å². The first-order chi connectivity index (χ1) is 8.76. The summed E-state index contributed by atoms with van der Waals surface area (Å²) < 4.78 is 10.2. The molecule has 2 N–H and O–H groups in total. The standard InChI is InChI=1S/C13H26N2O3/c1-17-10-9-15-13(16)7-8-14-11-3-5-12(18-2)6-4-11/h11-12,14H,3-10H2,1-2H3,(H,15,16). The summed E-state index contributed by atoms with van der Waals surface area (Å²) in [6.45, 7) is 1.91. The maximum atomic E-state index is 11.4. The van der Waals surface area contributed by atoms with Crippen molar-refractivity contribution in [3.05, 3.63) is 0 Å². The van der Waals surface area contributed by atoms with Crippen LogP contribution in [-0.2, 0) is 14.3 Å². The van der Waals surface area contributed by atoms with Gasteiger partial charge in [0.2, 0.25) is 5.91 Å². The van der Waals surface area contributed by atoms with E-state index in [2.05, 4.69) is 10.6 Å². The zero-order valence-electron chi connectivity index (χ0n) is 11.5. The lowest BCUT2D eigenvalue weighted by molar-refractivity contribution is -0.121. The van der Waals surface area contributed by atoms with Crippen LogP contribution in [0.4, 0.5) is 0 Å². The second-order valence-electron chi connectivity index (χ2n) is 4.76. The Kier molecular flexibility index (Phi) is 7.96. The number of hydrogen-bond donors (Lipinski definition) is 2. The van der Waals surface area contributed by atoms with Gasteiger partial charge in [0.1, 0.15) is 0 Å². The number of nitrogens with one attached hydrogen (secondary N) is 2. The maximum Gasteiger partial charge on any atom is 0.221 e. The third-order valence-electron chi connectivity index (χ3n) is 3.42. The van der Waals surface area contributed by atoms with Gasteiger partial charge in [0, 0.05) is 39.8 Å². The Morgan fingerprint density at radius 3 is 2.50 bits per heavy atom. The van der Waals surface area contributed by atoms with Crippen LogP contribution in [-0.4, -0.2) is 52.0 Å². The molecule has 5 nitrogen and oxygen atoms in total. The van der Waals surface area contributed by atoms with E-state index in [9.17, 15) is 4.79 Å². The predicted octanol–water partition coefficient (Wildman–Crippen LogP) is 0.686. The Morgan fingerprint density at radius 1 is 1.17 bits per heavy atom. The second kappa shape index (κ2) is 9.30. The zero-order valence-corrected chi connectivity index (χ0v) is 11.5. The van der Waals surface area contributed by atoms with Crippen LogP contribution in [0.2, 0.25) is 0 Å². The van der Waals surface area contributed by atoms with Crippen molar-refractivity contribution >= 4 is 5.91 Å². The van der Waals surface area contributed by atoms with E-state index in [0.717, 1.165) is 32.2 Å². The molecule has 0 aromatic heterocycles. The van der Waals surface area contributed by atoms with E-state index in [4.69, 9.17) is 9.47 Å². The minimum absolute atomic E-state index is 0.0881. The summed E-state index contributed by atoms with van der Waals surface area (Å²) in [5, 5.41) is 6.25. The number of amides is 1. The van der Waals surface area contributed by atoms with E-state index in [1.165, 1.54) is 0 Å².